The molecule has 0 saturated carbocycles. The summed E-state index contributed by atoms with van der Waals surface area (Å²) in [5.41, 5.74) is 3.14. The van der Waals surface area contributed by atoms with Crippen LogP contribution in [0.15, 0.2) is 36.5 Å². The summed E-state index contributed by atoms with van der Waals surface area (Å²) >= 11 is 0. The molecule has 0 bridgehead atoms. The van der Waals surface area contributed by atoms with Crippen LogP contribution in [-0.2, 0) is 0 Å². The number of carboxylic acids is 1. The van der Waals surface area contributed by atoms with E-state index in [0.717, 1.165) is 42.7 Å². The third-order valence-corrected chi connectivity index (χ3v) is 3.57. The van der Waals surface area contributed by atoms with Gasteiger partial charge in [0.1, 0.15) is 5.69 Å². The highest BCUT2D eigenvalue weighted by molar-refractivity contribution is 5.98. The summed E-state index contributed by atoms with van der Waals surface area (Å²) in [6, 6.07) is 9.92. The molecule has 1 saturated heterocycles. The van der Waals surface area contributed by atoms with Crippen molar-refractivity contribution < 1.29 is 9.90 Å². The van der Waals surface area contributed by atoms with Crippen molar-refractivity contribution in [1.82, 2.24) is 4.98 Å². The van der Waals surface area contributed by atoms with Gasteiger partial charge in [-0.25, -0.2) is 4.79 Å². The van der Waals surface area contributed by atoms with Gasteiger partial charge in [-0.1, -0.05) is 30.3 Å². The summed E-state index contributed by atoms with van der Waals surface area (Å²) in [5, 5.41) is 9.33. The zero-order valence-electron chi connectivity index (χ0n) is 10.6. The SMILES string of the molecule is O=C(O)c1[nH]cc(-c2ccccc2)c1N1CCCC1. The fourth-order valence-electron chi connectivity index (χ4n) is 2.69. The molecule has 19 heavy (non-hydrogen) atoms. The minimum atomic E-state index is -0.899. The molecule has 0 radical (unpaired) electrons. The van der Waals surface area contributed by atoms with Crippen LogP contribution in [-0.4, -0.2) is 29.1 Å². The molecule has 0 unspecified atom stereocenters. The number of carbonyl (C=O) groups is 1. The number of H-pyrrole nitrogens is 1. The Morgan fingerprint density at radius 2 is 1.84 bits per heavy atom. The minimum absolute atomic E-state index is 0.292. The number of anilines is 1. The van der Waals surface area contributed by atoms with Crippen molar-refractivity contribution in [3.8, 4) is 11.1 Å². The van der Waals surface area contributed by atoms with E-state index in [1.807, 2.05) is 30.3 Å². The quantitative estimate of drug-likeness (QED) is 0.887. The molecular formula is C15H16N2O2. The van der Waals surface area contributed by atoms with E-state index in [0.29, 0.717) is 5.69 Å². The van der Waals surface area contributed by atoms with Crippen LogP contribution in [0.4, 0.5) is 5.69 Å². The lowest BCUT2D eigenvalue weighted by atomic mass is 10.1. The van der Waals surface area contributed by atoms with Crippen LogP contribution >= 0.6 is 0 Å². The molecule has 4 heteroatoms. The van der Waals surface area contributed by atoms with Crippen molar-refractivity contribution in [3.63, 3.8) is 0 Å². The van der Waals surface area contributed by atoms with Gasteiger partial charge in [0.25, 0.3) is 0 Å². The van der Waals surface area contributed by atoms with Gasteiger partial charge in [-0.15, -0.1) is 0 Å². The Labute approximate surface area is 111 Å². The number of nitrogens with one attached hydrogen (secondary N) is 1. The van der Waals surface area contributed by atoms with E-state index in [2.05, 4.69) is 9.88 Å². The maximum atomic E-state index is 11.4. The average Bonchev–Trinajstić information content (AvgIpc) is 3.08. The van der Waals surface area contributed by atoms with Crippen molar-refractivity contribution >= 4 is 11.7 Å². The molecule has 0 atom stereocenters. The Hall–Kier alpha value is -2.23. The maximum Gasteiger partial charge on any atom is 0.354 e. The van der Waals surface area contributed by atoms with Gasteiger partial charge >= 0.3 is 5.97 Å². The predicted octanol–water partition coefficient (Wildman–Crippen LogP) is 2.98. The highest BCUT2D eigenvalue weighted by atomic mass is 16.4. The molecule has 1 aliphatic rings. The third kappa shape index (κ3) is 2.10. The van der Waals surface area contributed by atoms with Gasteiger partial charge in [0.15, 0.2) is 0 Å². The minimum Gasteiger partial charge on any atom is -0.477 e. The molecule has 2 heterocycles. The van der Waals surface area contributed by atoms with Crippen LogP contribution in [0.3, 0.4) is 0 Å². The van der Waals surface area contributed by atoms with Crippen molar-refractivity contribution in [2.45, 2.75) is 12.8 Å². The molecule has 0 aliphatic carbocycles. The fraction of sp³-hybridized carbons (Fsp3) is 0.267. The Morgan fingerprint density at radius 1 is 1.16 bits per heavy atom. The van der Waals surface area contributed by atoms with Crippen LogP contribution in [0.2, 0.25) is 0 Å². The number of carboxylic acid groups (broad SMARTS) is 1. The van der Waals surface area contributed by atoms with Crippen LogP contribution in [0.1, 0.15) is 23.3 Å². The van der Waals surface area contributed by atoms with E-state index in [1.165, 1.54) is 0 Å². The van der Waals surface area contributed by atoms with Crippen LogP contribution in [0, 0.1) is 0 Å². The van der Waals surface area contributed by atoms with Crippen molar-refractivity contribution in [2.24, 2.45) is 0 Å². The first kappa shape index (κ1) is 11.8. The van der Waals surface area contributed by atoms with Gasteiger partial charge in [-0.05, 0) is 18.4 Å². The molecule has 3 rings (SSSR count). The Morgan fingerprint density at radius 3 is 2.47 bits per heavy atom. The molecule has 0 amide bonds. The summed E-state index contributed by atoms with van der Waals surface area (Å²) in [6.45, 7) is 1.86. The number of hydrogen-bond donors (Lipinski definition) is 2. The maximum absolute atomic E-state index is 11.4. The fourth-order valence-corrected chi connectivity index (χ4v) is 2.69. The van der Waals surface area contributed by atoms with Gasteiger partial charge in [0.05, 0.1) is 5.69 Å². The lowest BCUT2D eigenvalue weighted by Gasteiger charge is -2.19. The number of aromatic carboxylic acids is 1. The topological polar surface area (TPSA) is 56.3 Å². The molecule has 1 fully saturated rings. The monoisotopic (exact) mass is 256 g/mol. The first-order chi connectivity index (χ1) is 9.27. The highest BCUT2D eigenvalue weighted by Gasteiger charge is 2.24. The Kier molecular flexibility index (Phi) is 2.99. The van der Waals surface area contributed by atoms with E-state index in [-0.39, 0.29) is 0 Å². The lowest BCUT2D eigenvalue weighted by Crippen LogP contribution is -2.20. The molecular weight excluding hydrogens is 240 g/mol. The first-order valence-electron chi connectivity index (χ1n) is 6.52. The number of aromatic nitrogens is 1. The standard InChI is InChI=1S/C15H16N2O2/c18-15(19)13-14(17-8-4-5-9-17)12(10-16-13)11-6-2-1-3-7-11/h1-3,6-7,10,16H,4-5,8-9H2,(H,18,19). The predicted molar refractivity (Wildman–Crippen MR) is 74.6 cm³/mol. The van der Waals surface area contributed by atoms with E-state index < -0.39 is 5.97 Å². The van der Waals surface area contributed by atoms with Gasteiger partial charge in [0, 0.05) is 24.8 Å². The number of rotatable bonds is 3. The van der Waals surface area contributed by atoms with E-state index >= 15 is 0 Å². The summed E-state index contributed by atoms with van der Waals surface area (Å²) in [4.78, 5) is 16.4. The van der Waals surface area contributed by atoms with Gasteiger partial charge < -0.3 is 15.0 Å². The summed E-state index contributed by atoms with van der Waals surface area (Å²) in [7, 11) is 0. The van der Waals surface area contributed by atoms with Gasteiger partial charge in [-0.3, -0.25) is 0 Å². The van der Waals surface area contributed by atoms with Crippen LogP contribution < -0.4 is 4.90 Å². The summed E-state index contributed by atoms with van der Waals surface area (Å²) < 4.78 is 0. The smallest absolute Gasteiger partial charge is 0.354 e. The molecule has 1 aromatic carbocycles. The van der Waals surface area contributed by atoms with Crippen molar-refractivity contribution in [3.05, 3.63) is 42.2 Å². The highest BCUT2D eigenvalue weighted by Crippen LogP contribution is 2.35. The number of aromatic amines is 1. The normalized spacial score (nSPS) is 14.8. The number of benzene rings is 1. The summed E-state index contributed by atoms with van der Waals surface area (Å²) in [5.74, 6) is -0.899. The zero-order chi connectivity index (χ0) is 13.2. The lowest BCUT2D eigenvalue weighted by molar-refractivity contribution is 0.0692. The first-order valence-corrected chi connectivity index (χ1v) is 6.52. The second kappa shape index (κ2) is 4.80. The van der Waals surface area contributed by atoms with Crippen LogP contribution in [0.25, 0.3) is 11.1 Å². The molecule has 2 N–H and O–H groups in total. The molecule has 1 aliphatic heterocycles. The average molecular weight is 256 g/mol. The second-order valence-electron chi connectivity index (χ2n) is 4.79. The molecule has 4 nitrogen and oxygen atoms in total. The Bertz CT molecular complexity index is 583. The summed E-state index contributed by atoms with van der Waals surface area (Å²) in [6.07, 6.45) is 4.05. The van der Waals surface area contributed by atoms with E-state index in [4.69, 9.17) is 0 Å². The third-order valence-electron chi connectivity index (χ3n) is 3.57. The molecule has 98 valence electrons. The molecule has 1 aromatic heterocycles. The second-order valence-corrected chi connectivity index (χ2v) is 4.79. The van der Waals surface area contributed by atoms with E-state index in [1.54, 1.807) is 6.20 Å². The molecule has 2 aromatic rings. The van der Waals surface area contributed by atoms with Crippen LogP contribution in [0.5, 0.6) is 0 Å². The van der Waals surface area contributed by atoms with Gasteiger partial charge in [-0.2, -0.15) is 0 Å². The largest absolute Gasteiger partial charge is 0.477 e. The molecule has 0 spiro atoms. The number of hydrogen-bond acceptors (Lipinski definition) is 2. The number of nitrogens with zero attached hydrogens (tertiary/aromatic N) is 1. The van der Waals surface area contributed by atoms with E-state index in [9.17, 15) is 9.90 Å². The Balaban J connectivity index is 2.12. The van der Waals surface area contributed by atoms with Gasteiger partial charge in [0.2, 0.25) is 0 Å². The zero-order valence-corrected chi connectivity index (χ0v) is 10.6. The van der Waals surface area contributed by atoms with Crippen molar-refractivity contribution in [1.29, 1.82) is 0 Å². The van der Waals surface area contributed by atoms with Crippen molar-refractivity contribution in [2.75, 3.05) is 18.0 Å².